The summed E-state index contributed by atoms with van der Waals surface area (Å²) in [6, 6.07) is 6.52. The van der Waals surface area contributed by atoms with Gasteiger partial charge in [-0.25, -0.2) is 0 Å². The first kappa shape index (κ1) is 19.8. The summed E-state index contributed by atoms with van der Waals surface area (Å²) in [6.45, 7) is 9.79. The molecule has 2 heterocycles. The van der Waals surface area contributed by atoms with Crippen molar-refractivity contribution >= 4 is 17.5 Å². The Labute approximate surface area is 178 Å². The van der Waals surface area contributed by atoms with Crippen LogP contribution in [-0.2, 0) is 14.4 Å². The number of rotatable bonds is 6. The van der Waals surface area contributed by atoms with Crippen LogP contribution in [0.3, 0.4) is 0 Å². The molecule has 2 aliphatic carbocycles. The molecule has 6 heteroatoms. The molecule has 2 bridgehead atoms. The number of benzene rings is 1. The van der Waals surface area contributed by atoms with Crippen molar-refractivity contribution in [3.8, 4) is 0 Å². The maximum atomic E-state index is 12.6. The number of hydrogen-bond donors (Lipinski definition) is 0. The third-order valence-corrected chi connectivity index (χ3v) is 7.56. The third-order valence-electron chi connectivity index (χ3n) is 7.56. The topological polar surface area (TPSA) is 53.1 Å². The maximum absolute atomic E-state index is 12.6. The molecule has 0 radical (unpaired) electrons. The highest BCUT2D eigenvalue weighted by Crippen LogP contribution is 2.52. The first-order valence-corrected chi connectivity index (χ1v) is 11.3. The van der Waals surface area contributed by atoms with E-state index in [0.29, 0.717) is 6.61 Å². The molecule has 3 fully saturated rings. The monoisotopic (exact) mass is 409 g/mol. The zero-order valence-corrected chi connectivity index (χ0v) is 17.9. The second-order valence-electron chi connectivity index (χ2n) is 9.21. The van der Waals surface area contributed by atoms with E-state index in [1.54, 1.807) is 0 Å². The fourth-order valence-corrected chi connectivity index (χ4v) is 5.74. The number of carbonyl (C=O) groups is 2. The van der Waals surface area contributed by atoms with E-state index in [2.05, 4.69) is 54.0 Å². The van der Waals surface area contributed by atoms with E-state index in [-0.39, 0.29) is 35.5 Å². The van der Waals surface area contributed by atoms with Gasteiger partial charge in [-0.1, -0.05) is 24.3 Å². The van der Waals surface area contributed by atoms with E-state index < -0.39 is 0 Å². The van der Waals surface area contributed by atoms with E-state index in [1.807, 2.05) is 0 Å². The summed E-state index contributed by atoms with van der Waals surface area (Å²) in [5, 5.41) is 1.08. The Kier molecular flexibility index (Phi) is 5.15. The Bertz CT molecular complexity index is 844. The van der Waals surface area contributed by atoms with Crippen molar-refractivity contribution in [1.29, 1.82) is 0 Å². The fourth-order valence-electron chi connectivity index (χ4n) is 5.74. The Balaban J connectivity index is 1.06. The fraction of sp³-hybridized carbons (Fsp3) is 0.583. The highest BCUT2D eigenvalue weighted by molar-refractivity contribution is 6.05. The van der Waals surface area contributed by atoms with Crippen LogP contribution in [0.4, 0.5) is 5.69 Å². The van der Waals surface area contributed by atoms with Gasteiger partial charge in [0.05, 0.1) is 18.4 Å². The number of fused-ring (bicyclic) bond motifs is 5. The highest BCUT2D eigenvalue weighted by atomic mass is 16.7. The molecule has 30 heavy (non-hydrogen) atoms. The van der Waals surface area contributed by atoms with Crippen molar-refractivity contribution in [2.45, 2.75) is 26.7 Å². The first-order valence-electron chi connectivity index (χ1n) is 11.3. The Morgan fingerprint density at radius 3 is 2.30 bits per heavy atom. The summed E-state index contributed by atoms with van der Waals surface area (Å²) >= 11 is 0. The minimum Gasteiger partial charge on any atom is -0.369 e. The van der Waals surface area contributed by atoms with Gasteiger partial charge < -0.3 is 4.90 Å². The molecule has 1 aromatic rings. The van der Waals surface area contributed by atoms with E-state index in [0.717, 1.165) is 50.6 Å². The van der Waals surface area contributed by atoms with Crippen molar-refractivity contribution in [2.75, 3.05) is 44.2 Å². The molecule has 2 aliphatic heterocycles. The Morgan fingerprint density at radius 2 is 1.63 bits per heavy atom. The standard InChI is InChI=1S/C24H31N3O3/c1-16-5-3-6-20(17(16)2)26-12-10-25(11-13-26)9-4-14-30-27-23(28)21-18-7-8-19(15-18)22(21)24(27)29/h3,5-8,18-19,21-22H,4,9-15H2,1-2H3/t18-,19+,21?,22?. The number of anilines is 1. The molecule has 0 aromatic heterocycles. The van der Waals surface area contributed by atoms with E-state index in [1.165, 1.54) is 16.8 Å². The Morgan fingerprint density at radius 1 is 0.967 bits per heavy atom. The zero-order valence-electron chi connectivity index (χ0n) is 17.9. The van der Waals surface area contributed by atoms with Crippen LogP contribution in [0, 0.1) is 37.5 Å². The molecule has 1 saturated carbocycles. The lowest BCUT2D eigenvalue weighted by Crippen LogP contribution is -2.47. The van der Waals surface area contributed by atoms with Crippen LogP contribution >= 0.6 is 0 Å². The molecular weight excluding hydrogens is 378 g/mol. The molecule has 4 aliphatic rings. The minimum absolute atomic E-state index is 0.121. The molecule has 2 amide bonds. The lowest BCUT2D eigenvalue weighted by atomic mass is 9.85. The predicted molar refractivity (Wildman–Crippen MR) is 115 cm³/mol. The van der Waals surface area contributed by atoms with Gasteiger partial charge in [0.2, 0.25) is 0 Å². The zero-order chi connectivity index (χ0) is 20.8. The van der Waals surface area contributed by atoms with Crippen LogP contribution in [-0.4, -0.2) is 61.1 Å². The van der Waals surface area contributed by atoms with Crippen molar-refractivity contribution in [3.05, 3.63) is 41.5 Å². The van der Waals surface area contributed by atoms with Gasteiger partial charge in [0.1, 0.15) is 0 Å². The summed E-state index contributed by atoms with van der Waals surface area (Å²) in [5.74, 6) is -0.124. The van der Waals surface area contributed by atoms with Gasteiger partial charge in [-0.05, 0) is 55.7 Å². The lowest BCUT2D eigenvalue weighted by molar-refractivity contribution is -0.190. The van der Waals surface area contributed by atoms with E-state index >= 15 is 0 Å². The molecule has 2 unspecified atom stereocenters. The van der Waals surface area contributed by atoms with Gasteiger partial charge in [-0.3, -0.25) is 19.3 Å². The van der Waals surface area contributed by atoms with Gasteiger partial charge in [0.25, 0.3) is 11.8 Å². The quantitative estimate of drug-likeness (QED) is 0.411. The van der Waals surface area contributed by atoms with Crippen molar-refractivity contribution < 1.29 is 14.4 Å². The minimum atomic E-state index is -0.175. The third kappa shape index (κ3) is 3.26. The average Bonchev–Trinajstić information content (AvgIpc) is 3.43. The smallest absolute Gasteiger partial charge is 0.258 e. The number of hydroxylamine groups is 2. The highest BCUT2D eigenvalue weighted by Gasteiger charge is 2.60. The number of amides is 2. The number of hydrogen-bond acceptors (Lipinski definition) is 5. The molecule has 0 spiro atoms. The molecule has 0 N–H and O–H groups in total. The second kappa shape index (κ2) is 7.82. The molecule has 5 rings (SSSR count). The van der Waals surface area contributed by atoms with Crippen LogP contribution in [0.5, 0.6) is 0 Å². The molecule has 6 nitrogen and oxygen atoms in total. The molecule has 2 saturated heterocycles. The Hall–Kier alpha value is -2.18. The predicted octanol–water partition coefficient (Wildman–Crippen LogP) is 2.55. The van der Waals surface area contributed by atoms with Gasteiger partial charge in [-0.15, -0.1) is 0 Å². The largest absolute Gasteiger partial charge is 0.369 e. The second-order valence-corrected chi connectivity index (χ2v) is 9.21. The van der Waals surface area contributed by atoms with Crippen molar-refractivity contribution in [2.24, 2.45) is 23.7 Å². The SMILES string of the molecule is Cc1cccc(N2CCN(CCCON3C(=O)C4C(C3=O)[C@H]3C=C[C@@H]4C3)CC2)c1C. The lowest BCUT2D eigenvalue weighted by Gasteiger charge is -2.37. The van der Waals surface area contributed by atoms with E-state index in [9.17, 15) is 9.59 Å². The van der Waals surface area contributed by atoms with Crippen LogP contribution < -0.4 is 4.90 Å². The molecule has 4 atom stereocenters. The van der Waals surface area contributed by atoms with Crippen molar-refractivity contribution in [1.82, 2.24) is 9.96 Å². The summed E-state index contributed by atoms with van der Waals surface area (Å²) in [6.07, 6.45) is 5.99. The summed E-state index contributed by atoms with van der Waals surface area (Å²) in [7, 11) is 0. The number of nitrogens with zero attached hydrogens (tertiary/aromatic N) is 3. The van der Waals surface area contributed by atoms with Crippen LogP contribution in [0.2, 0.25) is 0 Å². The number of piperazine rings is 1. The van der Waals surface area contributed by atoms with Gasteiger partial charge in [-0.2, -0.15) is 5.06 Å². The van der Waals surface area contributed by atoms with Gasteiger partial charge >= 0.3 is 0 Å². The average molecular weight is 410 g/mol. The summed E-state index contributed by atoms with van der Waals surface area (Å²) < 4.78 is 0. The van der Waals surface area contributed by atoms with Crippen LogP contribution in [0.25, 0.3) is 0 Å². The molecule has 1 aromatic carbocycles. The molecular formula is C24H31N3O3. The maximum Gasteiger partial charge on any atom is 0.258 e. The van der Waals surface area contributed by atoms with E-state index in [4.69, 9.17) is 4.84 Å². The normalized spacial score (nSPS) is 30.6. The number of aryl methyl sites for hydroxylation is 1. The number of allylic oxidation sites excluding steroid dienone is 2. The number of imide groups is 1. The summed E-state index contributed by atoms with van der Waals surface area (Å²) in [4.78, 5) is 35.9. The van der Waals surface area contributed by atoms with Crippen LogP contribution in [0.15, 0.2) is 30.4 Å². The first-order chi connectivity index (χ1) is 14.5. The summed E-state index contributed by atoms with van der Waals surface area (Å²) in [5.41, 5.74) is 4.05. The van der Waals surface area contributed by atoms with Crippen LogP contribution in [0.1, 0.15) is 24.0 Å². The van der Waals surface area contributed by atoms with Gasteiger partial charge in [0.15, 0.2) is 0 Å². The number of carbonyl (C=O) groups excluding carboxylic acids is 2. The van der Waals surface area contributed by atoms with Crippen molar-refractivity contribution in [3.63, 3.8) is 0 Å². The molecule has 160 valence electrons. The van der Waals surface area contributed by atoms with Gasteiger partial charge in [0, 0.05) is 38.4 Å².